The second-order valence-corrected chi connectivity index (χ2v) is 5.97. The van der Waals surface area contributed by atoms with Crippen molar-refractivity contribution in [3.8, 4) is 0 Å². The minimum atomic E-state index is 0.221. The van der Waals surface area contributed by atoms with Gasteiger partial charge in [0.15, 0.2) is 0 Å². The van der Waals surface area contributed by atoms with Crippen molar-refractivity contribution < 1.29 is 4.79 Å². The van der Waals surface area contributed by atoms with Gasteiger partial charge in [0.2, 0.25) is 5.91 Å². The van der Waals surface area contributed by atoms with E-state index in [2.05, 4.69) is 28.9 Å². The summed E-state index contributed by atoms with van der Waals surface area (Å²) in [4.78, 5) is 14.7. The number of piperidine rings is 1. The molecule has 22 heavy (non-hydrogen) atoms. The summed E-state index contributed by atoms with van der Waals surface area (Å²) in [6, 6.07) is 10.4. The minimum absolute atomic E-state index is 0.221. The Bertz CT molecular complexity index is 466. The van der Waals surface area contributed by atoms with Crippen LogP contribution in [0, 0.1) is 5.92 Å². The predicted octanol–water partition coefficient (Wildman–Crippen LogP) is 3.76. The third-order valence-electron chi connectivity index (χ3n) is 4.53. The van der Waals surface area contributed by atoms with Gasteiger partial charge in [0.05, 0.1) is 0 Å². The largest absolute Gasteiger partial charge is 0.317 e. The third-order valence-corrected chi connectivity index (χ3v) is 4.53. The molecule has 0 saturated carbocycles. The van der Waals surface area contributed by atoms with Gasteiger partial charge in [0, 0.05) is 18.2 Å². The maximum Gasteiger partial charge on any atom is 0.226 e. The van der Waals surface area contributed by atoms with Gasteiger partial charge in [-0.3, -0.25) is 4.79 Å². The zero-order valence-corrected chi connectivity index (χ0v) is 13.6. The third kappa shape index (κ3) is 4.20. The molecular weight excluding hydrogens is 272 g/mol. The van der Waals surface area contributed by atoms with Crippen molar-refractivity contribution in [1.29, 1.82) is 0 Å². The number of amides is 1. The first kappa shape index (κ1) is 16.8. The summed E-state index contributed by atoms with van der Waals surface area (Å²) in [7, 11) is 0. The Morgan fingerprint density at radius 2 is 2.05 bits per heavy atom. The molecule has 120 valence electrons. The molecule has 1 atom stereocenters. The van der Waals surface area contributed by atoms with Crippen molar-refractivity contribution in [2.75, 3.05) is 18.0 Å². The van der Waals surface area contributed by atoms with E-state index in [4.69, 9.17) is 0 Å². The molecule has 1 aromatic rings. The number of carbonyl (C=O) groups is 1. The van der Waals surface area contributed by atoms with E-state index in [0.717, 1.165) is 44.5 Å². The first-order valence-electron chi connectivity index (χ1n) is 8.46. The normalized spacial score (nSPS) is 17.0. The highest BCUT2D eigenvalue weighted by Crippen LogP contribution is 2.29. The van der Waals surface area contributed by atoms with Crippen LogP contribution in [0.15, 0.2) is 43.0 Å². The fraction of sp³-hybridized carbons (Fsp3) is 0.526. The molecule has 0 aromatic heterocycles. The summed E-state index contributed by atoms with van der Waals surface area (Å²) in [5.74, 6) is 0.788. The molecule has 1 N–H and O–H groups in total. The summed E-state index contributed by atoms with van der Waals surface area (Å²) in [6.45, 7) is 7.92. The van der Waals surface area contributed by atoms with Crippen molar-refractivity contribution in [1.82, 2.24) is 5.32 Å². The number of anilines is 1. The van der Waals surface area contributed by atoms with Crippen molar-refractivity contribution in [2.24, 2.45) is 5.92 Å². The van der Waals surface area contributed by atoms with Gasteiger partial charge in [0.25, 0.3) is 0 Å². The maximum absolute atomic E-state index is 12.6. The molecule has 1 aliphatic heterocycles. The SMILES string of the molecule is C=CCCC(C1CCNCC1)N(C(=O)CC)c1ccccc1. The lowest BCUT2D eigenvalue weighted by Gasteiger charge is -2.39. The summed E-state index contributed by atoms with van der Waals surface area (Å²) in [5, 5.41) is 3.42. The van der Waals surface area contributed by atoms with E-state index in [9.17, 15) is 4.79 Å². The Balaban J connectivity index is 2.29. The average Bonchev–Trinajstić information content (AvgIpc) is 2.59. The van der Waals surface area contributed by atoms with E-state index >= 15 is 0 Å². The second kappa shape index (κ2) is 8.74. The Morgan fingerprint density at radius 3 is 2.64 bits per heavy atom. The van der Waals surface area contributed by atoms with Gasteiger partial charge in [-0.2, -0.15) is 0 Å². The van der Waals surface area contributed by atoms with E-state index in [-0.39, 0.29) is 11.9 Å². The Kier molecular flexibility index (Phi) is 6.66. The van der Waals surface area contributed by atoms with Crippen LogP contribution in [0.1, 0.15) is 39.0 Å². The number of hydrogen-bond acceptors (Lipinski definition) is 2. The van der Waals surface area contributed by atoms with Crippen molar-refractivity contribution in [2.45, 2.75) is 45.1 Å². The van der Waals surface area contributed by atoms with E-state index in [1.807, 2.05) is 31.2 Å². The molecule has 0 spiro atoms. The quantitative estimate of drug-likeness (QED) is 0.778. The van der Waals surface area contributed by atoms with E-state index in [0.29, 0.717) is 12.3 Å². The molecule has 2 rings (SSSR count). The Morgan fingerprint density at radius 1 is 1.36 bits per heavy atom. The van der Waals surface area contributed by atoms with Crippen LogP contribution >= 0.6 is 0 Å². The number of hydrogen-bond donors (Lipinski definition) is 1. The fourth-order valence-corrected chi connectivity index (χ4v) is 3.37. The number of benzene rings is 1. The van der Waals surface area contributed by atoms with Gasteiger partial charge in [-0.1, -0.05) is 31.2 Å². The monoisotopic (exact) mass is 300 g/mol. The summed E-state index contributed by atoms with van der Waals surface area (Å²) in [5.41, 5.74) is 1.03. The van der Waals surface area contributed by atoms with E-state index < -0.39 is 0 Å². The van der Waals surface area contributed by atoms with Gasteiger partial charge in [-0.25, -0.2) is 0 Å². The van der Waals surface area contributed by atoms with Crippen molar-refractivity contribution in [3.63, 3.8) is 0 Å². The molecular formula is C19H28N2O. The van der Waals surface area contributed by atoms with Crippen molar-refractivity contribution >= 4 is 11.6 Å². The molecule has 1 aliphatic rings. The molecule has 1 fully saturated rings. The number of carbonyl (C=O) groups excluding carboxylic acids is 1. The Labute approximate surface area is 134 Å². The van der Waals surface area contributed by atoms with E-state index in [1.165, 1.54) is 0 Å². The predicted molar refractivity (Wildman–Crippen MR) is 93.0 cm³/mol. The minimum Gasteiger partial charge on any atom is -0.317 e. The van der Waals surface area contributed by atoms with Gasteiger partial charge in [-0.15, -0.1) is 6.58 Å². The van der Waals surface area contributed by atoms with E-state index in [1.54, 1.807) is 0 Å². The van der Waals surface area contributed by atoms with Crippen molar-refractivity contribution in [3.05, 3.63) is 43.0 Å². The number of rotatable bonds is 7. The lowest BCUT2D eigenvalue weighted by molar-refractivity contribution is -0.119. The highest BCUT2D eigenvalue weighted by Gasteiger charge is 2.31. The van der Waals surface area contributed by atoms with Crippen LogP contribution in [0.5, 0.6) is 0 Å². The summed E-state index contributed by atoms with van der Waals surface area (Å²) in [6.07, 6.45) is 6.74. The van der Waals surface area contributed by atoms with Gasteiger partial charge >= 0.3 is 0 Å². The summed E-state index contributed by atoms with van der Waals surface area (Å²) < 4.78 is 0. The number of nitrogens with zero attached hydrogens (tertiary/aromatic N) is 1. The molecule has 0 radical (unpaired) electrons. The van der Waals surface area contributed by atoms with Crippen LogP contribution in [0.3, 0.4) is 0 Å². The van der Waals surface area contributed by atoms with Crippen LogP contribution in [0.4, 0.5) is 5.69 Å². The van der Waals surface area contributed by atoms with Crippen LogP contribution < -0.4 is 10.2 Å². The fourth-order valence-electron chi connectivity index (χ4n) is 3.37. The molecule has 3 nitrogen and oxygen atoms in total. The van der Waals surface area contributed by atoms with Crippen LogP contribution in [0.25, 0.3) is 0 Å². The molecule has 0 bridgehead atoms. The maximum atomic E-state index is 12.6. The molecule has 3 heteroatoms. The molecule has 1 heterocycles. The molecule has 0 aliphatic carbocycles. The first-order valence-corrected chi connectivity index (χ1v) is 8.46. The van der Waals surface area contributed by atoms with Crippen LogP contribution in [-0.4, -0.2) is 25.0 Å². The topological polar surface area (TPSA) is 32.3 Å². The first-order chi connectivity index (χ1) is 10.8. The highest BCUT2D eigenvalue weighted by molar-refractivity contribution is 5.93. The zero-order valence-electron chi connectivity index (χ0n) is 13.6. The second-order valence-electron chi connectivity index (χ2n) is 5.97. The average molecular weight is 300 g/mol. The molecule has 1 unspecified atom stereocenters. The van der Waals surface area contributed by atoms with Crippen LogP contribution in [0.2, 0.25) is 0 Å². The molecule has 1 amide bonds. The number of nitrogens with one attached hydrogen (secondary N) is 1. The summed E-state index contributed by atoms with van der Waals surface area (Å²) >= 11 is 0. The smallest absolute Gasteiger partial charge is 0.226 e. The number of para-hydroxylation sites is 1. The van der Waals surface area contributed by atoms with Gasteiger partial charge in [0.1, 0.15) is 0 Å². The molecule has 1 aromatic carbocycles. The van der Waals surface area contributed by atoms with Crippen LogP contribution in [-0.2, 0) is 4.79 Å². The standard InChI is InChI=1S/C19H28N2O/c1-3-5-11-18(16-12-14-20-15-13-16)21(19(22)4-2)17-9-7-6-8-10-17/h3,6-10,16,18,20H,1,4-5,11-15H2,2H3. The number of allylic oxidation sites excluding steroid dienone is 1. The highest BCUT2D eigenvalue weighted by atomic mass is 16.2. The lowest BCUT2D eigenvalue weighted by Crippen LogP contribution is -2.47. The molecule has 1 saturated heterocycles. The Hall–Kier alpha value is -1.61. The van der Waals surface area contributed by atoms with Gasteiger partial charge in [-0.05, 0) is 56.8 Å². The zero-order chi connectivity index (χ0) is 15.8. The van der Waals surface area contributed by atoms with Gasteiger partial charge < -0.3 is 10.2 Å². The lowest BCUT2D eigenvalue weighted by atomic mass is 9.86.